The second-order valence-electron chi connectivity index (χ2n) is 5.95. The van der Waals surface area contributed by atoms with Crippen molar-refractivity contribution in [3.8, 4) is 0 Å². The Kier molecular flexibility index (Phi) is 5.08. The van der Waals surface area contributed by atoms with Crippen molar-refractivity contribution in [2.24, 2.45) is 0 Å². The lowest BCUT2D eigenvalue weighted by atomic mass is 10.2. The maximum absolute atomic E-state index is 12.9. The molecule has 0 bridgehead atoms. The highest BCUT2D eigenvalue weighted by Crippen LogP contribution is 2.19. The van der Waals surface area contributed by atoms with Gasteiger partial charge in [0.15, 0.2) is 0 Å². The van der Waals surface area contributed by atoms with Gasteiger partial charge >= 0.3 is 0 Å². The zero-order valence-electron chi connectivity index (χ0n) is 14.2. The number of anilines is 2. The van der Waals surface area contributed by atoms with Gasteiger partial charge in [0.2, 0.25) is 5.91 Å². The predicted molar refractivity (Wildman–Crippen MR) is 95.9 cm³/mol. The maximum Gasteiger partial charge on any atom is 0.263 e. The van der Waals surface area contributed by atoms with E-state index in [2.05, 4.69) is 14.6 Å². The number of pyridine rings is 1. The van der Waals surface area contributed by atoms with Crippen molar-refractivity contribution in [1.82, 2.24) is 9.88 Å². The number of carbonyl (C=O) groups is 1. The molecule has 1 N–H and O–H groups in total. The highest BCUT2D eigenvalue weighted by molar-refractivity contribution is 7.92. The maximum atomic E-state index is 12.9. The highest BCUT2D eigenvalue weighted by Gasteiger charge is 2.19. The summed E-state index contributed by atoms with van der Waals surface area (Å²) in [6, 6.07) is 7.92. The van der Waals surface area contributed by atoms with E-state index in [-0.39, 0.29) is 16.6 Å². The Morgan fingerprint density at radius 1 is 1.08 bits per heavy atom. The van der Waals surface area contributed by atoms with Crippen molar-refractivity contribution >= 4 is 27.4 Å². The van der Waals surface area contributed by atoms with Crippen LogP contribution in [0.25, 0.3) is 0 Å². The molecule has 0 spiro atoms. The zero-order valence-corrected chi connectivity index (χ0v) is 15.0. The lowest BCUT2D eigenvalue weighted by Crippen LogP contribution is -2.48. The molecule has 1 amide bonds. The molecular weight excluding hydrogens is 359 g/mol. The normalized spacial score (nSPS) is 15.0. The minimum absolute atomic E-state index is 0.0369. The highest BCUT2D eigenvalue weighted by atomic mass is 32.2. The molecule has 1 aromatic heterocycles. The number of carbonyl (C=O) groups excluding carboxylic acids is 1. The van der Waals surface area contributed by atoms with E-state index in [1.54, 1.807) is 30.2 Å². The Balaban J connectivity index is 1.66. The number of hydrogen-bond donors (Lipinski definition) is 1. The largest absolute Gasteiger partial charge is 0.367 e. The van der Waals surface area contributed by atoms with Gasteiger partial charge in [-0.3, -0.25) is 9.52 Å². The van der Waals surface area contributed by atoms with Crippen LogP contribution in [0.3, 0.4) is 0 Å². The number of hydrogen-bond acceptors (Lipinski definition) is 5. The topological polar surface area (TPSA) is 82.6 Å². The third kappa shape index (κ3) is 4.10. The molecule has 7 nitrogen and oxygen atoms in total. The summed E-state index contributed by atoms with van der Waals surface area (Å²) in [4.78, 5) is 19.4. The monoisotopic (exact) mass is 378 g/mol. The fourth-order valence-electron chi connectivity index (χ4n) is 2.72. The number of rotatable bonds is 4. The van der Waals surface area contributed by atoms with Crippen LogP contribution in [0.5, 0.6) is 0 Å². The van der Waals surface area contributed by atoms with Crippen LogP contribution < -0.4 is 9.62 Å². The van der Waals surface area contributed by atoms with Crippen molar-refractivity contribution in [1.29, 1.82) is 0 Å². The van der Waals surface area contributed by atoms with E-state index >= 15 is 0 Å². The molecule has 0 radical (unpaired) electrons. The number of benzene rings is 1. The average molecular weight is 378 g/mol. The second-order valence-corrected chi connectivity index (χ2v) is 7.64. The second kappa shape index (κ2) is 7.28. The minimum atomic E-state index is -3.82. The van der Waals surface area contributed by atoms with Crippen LogP contribution in [0.2, 0.25) is 0 Å². The Bertz CT molecular complexity index is 877. The Labute approximate surface area is 151 Å². The molecule has 1 fully saturated rings. The number of halogens is 1. The third-order valence-electron chi connectivity index (χ3n) is 4.20. The van der Waals surface area contributed by atoms with Crippen LogP contribution in [0, 0.1) is 5.82 Å². The van der Waals surface area contributed by atoms with Gasteiger partial charge in [0.1, 0.15) is 11.6 Å². The molecule has 1 aliphatic rings. The van der Waals surface area contributed by atoms with Gasteiger partial charge in [-0.15, -0.1) is 0 Å². The minimum Gasteiger partial charge on any atom is -0.367 e. The van der Waals surface area contributed by atoms with Gasteiger partial charge in [0.25, 0.3) is 10.0 Å². The molecule has 9 heteroatoms. The van der Waals surface area contributed by atoms with E-state index in [4.69, 9.17) is 0 Å². The summed E-state index contributed by atoms with van der Waals surface area (Å²) in [6.07, 6.45) is 1.59. The van der Waals surface area contributed by atoms with E-state index in [9.17, 15) is 17.6 Å². The molecule has 0 atom stereocenters. The number of aromatic nitrogens is 1. The predicted octanol–water partition coefficient (Wildman–Crippen LogP) is 1.69. The summed E-state index contributed by atoms with van der Waals surface area (Å²) in [6.45, 7) is 4.24. The van der Waals surface area contributed by atoms with Crippen LogP contribution in [0.15, 0.2) is 47.5 Å². The smallest absolute Gasteiger partial charge is 0.263 e. The third-order valence-corrected chi connectivity index (χ3v) is 5.57. The van der Waals surface area contributed by atoms with Crippen LogP contribution >= 0.6 is 0 Å². The average Bonchev–Trinajstić information content (AvgIpc) is 2.62. The van der Waals surface area contributed by atoms with Gasteiger partial charge in [0.05, 0.1) is 16.8 Å². The molecular formula is C17H19FN4O3S. The lowest BCUT2D eigenvalue weighted by Gasteiger charge is -2.35. The van der Waals surface area contributed by atoms with E-state index < -0.39 is 15.8 Å². The molecule has 1 aliphatic heterocycles. The Hall–Kier alpha value is -2.68. The number of sulfonamides is 1. The lowest BCUT2D eigenvalue weighted by molar-refractivity contribution is -0.129. The van der Waals surface area contributed by atoms with Gasteiger partial charge in [-0.2, -0.15) is 0 Å². The SMILES string of the molecule is CC(=O)N1CCN(c2ccc(NS(=O)(=O)c3ccc(F)cc3)nc2)CC1. The Morgan fingerprint density at radius 2 is 1.73 bits per heavy atom. The van der Waals surface area contributed by atoms with Gasteiger partial charge in [-0.05, 0) is 36.4 Å². The first-order chi connectivity index (χ1) is 12.3. The van der Waals surface area contributed by atoms with Gasteiger partial charge in [-0.25, -0.2) is 17.8 Å². The zero-order chi connectivity index (χ0) is 18.7. The Morgan fingerprint density at radius 3 is 2.27 bits per heavy atom. The summed E-state index contributed by atoms with van der Waals surface area (Å²) in [7, 11) is -3.82. The number of nitrogens with one attached hydrogen (secondary N) is 1. The molecule has 0 aliphatic carbocycles. The molecule has 0 saturated carbocycles. The summed E-state index contributed by atoms with van der Waals surface area (Å²) >= 11 is 0. The molecule has 1 saturated heterocycles. The van der Waals surface area contributed by atoms with E-state index in [1.807, 2.05) is 0 Å². The first kappa shape index (κ1) is 18.1. The molecule has 2 aromatic rings. The van der Waals surface area contributed by atoms with Crippen LogP contribution in [0.4, 0.5) is 15.9 Å². The molecule has 2 heterocycles. The fraction of sp³-hybridized carbons (Fsp3) is 0.294. The van der Waals surface area contributed by atoms with Gasteiger partial charge in [0, 0.05) is 33.1 Å². The standard InChI is InChI=1S/C17H19FN4O3S/c1-13(23)21-8-10-22(11-9-21)15-4-7-17(19-12-15)20-26(24,25)16-5-2-14(18)3-6-16/h2-7,12H,8-11H2,1H3,(H,19,20). The van der Waals surface area contributed by atoms with Gasteiger partial charge in [-0.1, -0.05) is 0 Å². The first-order valence-electron chi connectivity index (χ1n) is 8.10. The summed E-state index contributed by atoms with van der Waals surface area (Å²) in [5.74, 6) is -0.259. The number of nitrogens with zero attached hydrogens (tertiary/aromatic N) is 3. The van der Waals surface area contributed by atoms with Crippen molar-refractivity contribution in [2.45, 2.75) is 11.8 Å². The van der Waals surface area contributed by atoms with E-state index in [1.165, 1.54) is 12.1 Å². The van der Waals surface area contributed by atoms with Crippen molar-refractivity contribution in [3.63, 3.8) is 0 Å². The molecule has 26 heavy (non-hydrogen) atoms. The number of amides is 1. The summed E-state index contributed by atoms with van der Waals surface area (Å²) in [5.41, 5.74) is 0.859. The molecule has 3 rings (SSSR count). The molecule has 138 valence electrons. The summed E-state index contributed by atoms with van der Waals surface area (Å²) < 4.78 is 39.9. The van der Waals surface area contributed by atoms with Crippen molar-refractivity contribution < 1.29 is 17.6 Å². The summed E-state index contributed by atoms with van der Waals surface area (Å²) in [5, 5.41) is 0. The van der Waals surface area contributed by atoms with Gasteiger partial charge < -0.3 is 9.80 Å². The fourth-order valence-corrected chi connectivity index (χ4v) is 3.73. The van der Waals surface area contributed by atoms with E-state index in [0.717, 1.165) is 17.8 Å². The number of piperazine rings is 1. The van der Waals surface area contributed by atoms with Crippen LogP contribution in [0.1, 0.15) is 6.92 Å². The van der Waals surface area contributed by atoms with E-state index in [0.29, 0.717) is 26.2 Å². The van der Waals surface area contributed by atoms with Crippen molar-refractivity contribution in [2.75, 3.05) is 35.8 Å². The quantitative estimate of drug-likeness (QED) is 0.876. The molecule has 1 aromatic carbocycles. The van der Waals surface area contributed by atoms with Crippen LogP contribution in [-0.2, 0) is 14.8 Å². The molecule has 0 unspecified atom stereocenters. The van der Waals surface area contributed by atoms with Crippen LogP contribution in [-0.4, -0.2) is 50.4 Å². The van der Waals surface area contributed by atoms with Crippen molar-refractivity contribution in [3.05, 3.63) is 48.4 Å². The first-order valence-corrected chi connectivity index (χ1v) is 9.58.